The van der Waals surface area contributed by atoms with E-state index in [1.165, 1.54) is 5.57 Å². The average Bonchev–Trinajstić information content (AvgIpc) is 2.06. The molecule has 0 heterocycles. The highest BCUT2D eigenvalue weighted by Gasteiger charge is 2.31. The Morgan fingerprint density at radius 2 is 2.25 bits per heavy atom. The van der Waals surface area contributed by atoms with Crippen LogP contribution in [-0.2, 0) is 0 Å². The van der Waals surface area contributed by atoms with Crippen LogP contribution in [-0.4, -0.2) is 10.7 Å². The van der Waals surface area contributed by atoms with Crippen LogP contribution < -0.4 is 0 Å². The van der Waals surface area contributed by atoms with Gasteiger partial charge in [-0.3, -0.25) is 0 Å². The lowest BCUT2D eigenvalue weighted by Crippen LogP contribution is -2.36. The maximum atomic E-state index is 10.1. The van der Waals surface area contributed by atoms with Gasteiger partial charge in [0.25, 0.3) is 0 Å². The quantitative estimate of drug-likeness (QED) is 0.629. The molecule has 0 aromatic rings. The molecule has 0 spiro atoms. The molecule has 1 rings (SSSR count). The van der Waals surface area contributed by atoms with E-state index < -0.39 is 5.60 Å². The molecule has 1 nitrogen and oxygen atoms in total. The van der Waals surface area contributed by atoms with Crippen LogP contribution in [0.4, 0.5) is 0 Å². The number of hydrogen-bond donors (Lipinski definition) is 1. The van der Waals surface area contributed by atoms with Crippen molar-refractivity contribution in [3.05, 3.63) is 11.6 Å². The molecule has 0 aliphatic heterocycles. The van der Waals surface area contributed by atoms with Crippen molar-refractivity contribution in [3.8, 4) is 0 Å². The van der Waals surface area contributed by atoms with Crippen molar-refractivity contribution in [3.63, 3.8) is 0 Å². The van der Waals surface area contributed by atoms with E-state index in [4.69, 9.17) is 0 Å². The fraction of sp³-hybridized carbons (Fsp3) is 0.818. The second kappa shape index (κ2) is 3.61. The molecule has 1 N–H and O–H groups in total. The molecule has 1 heteroatoms. The van der Waals surface area contributed by atoms with Crippen LogP contribution in [0.15, 0.2) is 11.6 Å². The molecular formula is C11H20O. The van der Waals surface area contributed by atoms with Crippen molar-refractivity contribution in [1.82, 2.24) is 0 Å². The number of aliphatic hydroxyl groups is 1. The number of rotatable bonds is 2. The molecule has 1 aliphatic carbocycles. The minimum absolute atomic E-state index is 0.382. The van der Waals surface area contributed by atoms with E-state index in [2.05, 4.69) is 26.8 Å². The molecule has 0 radical (unpaired) electrons. The molecule has 0 aromatic carbocycles. The van der Waals surface area contributed by atoms with Crippen molar-refractivity contribution in [2.45, 2.75) is 52.1 Å². The van der Waals surface area contributed by atoms with Gasteiger partial charge < -0.3 is 5.11 Å². The van der Waals surface area contributed by atoms with Gasteiger partial charge >= 0.3 is 0 Å². The lowest BCUT2D eigenvalue weighted by Gasteiger charge is -2.35. The first-order chi connectivity index (χ1) is 5.58. The first-order valence-corrected chi connectivity index (χ1v) is 4.99. The Morgan fingerprint density at radius 3 is 2.58 bits per heavy atom. The van der Waals surface area contributed by atoms with Crippen LogP contribution in [0.3, 0.4) is 0 Å². The predicted molar refractivity (Wildman–Crippen MR) is 52.0 cm³/mol. The molecule has 1 atom stereocenters. The lowest BCUT2D eigenvalue weighted by atomic mass is 9.77. The highest BCUT2D eigenvalue weighted by atomic mass is 16.3. The van der Waals surface area contributed by atoms with Crippen molar-refractivity contribution < 1.29 is 5.11 Å². The van der Waals surface area contributed by atoms with Gasteiger partial charge in [0, 0.05) is 0 Å². The van der Waals surface area contributed by atoms with Crippen molar-refractivity contribution >= 4 is 0 Å². The minimum atomic E-state index is -0.418. The first-order valence-electron chi connectivity index (χ1n) is 4.99. The van der Waals surface area contributed by atoms with E-state index in [0.717, 1.165) is 25.7 Å². The molecule has 1 aliphatic rings. The van der Waals surface area contributed by atoms with E-state index in [9.17, 15) is 5.11 Å². The summed E-state index contributed by atoms with van der Waals surface area (Å²) in [4.78, 5) is 0. The molecule has 12 heavy (non-hydrogen) atoms. The van der Waals surface area contributed by atoms with Gasteiger partial charge in [-0.25, -0.2) is 0 Å². The summed E-state index contributed by atoms with van der Waals surface area (Å²) in [6.45, 7) is 6.39. The van der Waals surface area contributed by atoms with Crippen LogP contribution in [0.5, 0.6) is 0 Å². The van der Waals surface area contributed by atoms with Gasteiger partial charge in [0.15, 0.2) is 0 Å². The Hall–Kier alpha value is -0.300. The molecule has 0 fully saturated rings. The zero-order valence-corrected chi connectivity index (χ0v) is 8.43. The van der Waals surface area contributed by atoms with Crippen LogP contribution in [0, 0.1) is 5.92 Å². The summed E-state index contributed by atoms with van der Waals surface area (Å²) < 4.78 is 0. The van der Waals surface area contributed by atoms with Crippen molar-refractivity contribution in [1.29, 1.82) is 0 Å². The SMILES string of the molecule is CCC1=CCC(O)(C(C)C)CC1. The van der Waals surface area contributed by atoms with Gasteiger partial charge in [0.1, 0.15) is 0 Å². The third-order valence-corrected chi connectivity index (χ3v) is 3.15. The zero-order valence-electron chi connectivity index (χ0n) is 8.43. The third kappa shape index (κ3) is 1.89. The van der Waals surface area contributed by atoms with E-state index in [1.54, 1.807) is 0 Å². The maximum absolute atomic E-state index is 10.1. The van der Waals surface area contributed by atoms with Crippen LogP contribution in [0.1, 0.15) is 46.5 Å². The van der Waals surface area contributed by atoms with Gasteiger partial charge in [-0.1, -0.05) is 32.4 Å². The summed E-state index contributed by atoms with van der Waals surface area (Å²) in [7, 11) is 0. The van der Waals surface area contributed by atoms with Gasteiger partial charge in [-0.05, 0) is 31.6 Å². The summed E-state index contributed by atoms with van der Waals surface area (Å²) >= 11 is 0. The van der Waals surface area contributed by atoms with Crippen LogP contribution >= 0.6 is 0 Å². The van der Waals surface area contributed by atoms with Crippen LogP contribution in [0.2, 0.25) is 0 Å². The minimum Gasteiger partial charge on any atom is -0.389 e. The highest BCUT2D eigenvalue weighted by Crippen LogP contribution is 2.34. The Morgan fingerprint density at radius 1 is 1.58 bits per heavy atom. The summed E-state index contributed by atoms with van der Waals surface area (Å²) in [5.74, 6) is 0.382. The maximum Gasteiger partial charge on any atom is 0.0707 e. The molecule has 70 valence electrons. The van der Waals surface area contributed by atoms with E-state index in [-0.39, 0.29) is 0 Å². The number of hydrogen-bond acceptors (Lipinski definition) is 1. The standard InChI is InChI=1S/C11H20O/c1-4-10-5-7-11(12,8-6-10)9(2)3/h5,9,12H,4,6-8H2,1-3H3. The Kier molecular flexibility index (Phi) is 2.94. The van der Waals surface area contributed by atoms with E-state index in [1.807, 2.05) is 0 Å². The largest absolute Gasteiger partial charge is 0.389 e. The second-order valence-corrected chi connectivity index (χ2v) is 4.18. The summed E-state index contributed by atoms with van der Waals surface area (Å²) in [6, 6.07) is 0. The van der Waals surface area contributed by atoms with Gasteiger partial charge in [-0.2, -0.15) is 0 Å². The molecule has 0 aromatic heterocycles. The van der Waals surface area contributed by atoms with E-state index >= 15 is 0 Å². The number of allylic oxidation sites excluding steroid dienone is 1. The van der Waals surface area contributed by atoms with Crippen molar-refractivity contribution in [2.24, 2.45) is 5.92 Å². The smallest absolute Gasteiger partial charge is 0.0707 e. The molecule has 1 unspecified atom stereocenters. The summed E-state index contributed by atoms with van der Waals surface area (Å²) in [6.07, 6.45) is 6.26. The second-order valence-electron chi connectivity index (χ2n) is 4.18. The molecule has 0 bridgehead atoms. The van der Waals surface area contributed by atoms with Gasteiger partial charge in [0.2, 0.25) is 0 Å². The topological polar surface area (TPSA) is 20.2 Å². The van der Waals surface area contributed by atoms with Crippen LogP contribution in [0.25, 0.3) is 0 Å². The monoisotopic (exact) mass is 168 g/mol. The first kappa shape index (κ1) is 9.79. The van der Waals surface area contributed by atoms with E-state index in [0.29, 0.717) is 5.92 Å². The predicted octanol–water partition coefficient (Wildman–Crippen LogP) is 2.89. The average molecular weight is 168 g/mol. The summed E-state index contributed by atoms with van der Waals surface area (Å²) in [5.41, 5.74) is 1.10. The Bertz CT molecular complexity index is 181. The highest BCUT2D eigenvalue weighted by molar-refractivity contribution is 5.10. The normalized spacial score (nSPS) is 30.6. The Balaban J connectivity index is 2.61. The summed E-state index contributed by atoms with van der Waals surface area (Å²) in [5, 5.41) is 10.1. The Labute approximate surface area is 75.5 Å². The van der Waals surface area contributed by atoms with Crippen molar-refractivity contribution in [2.75, 3.05) is 0 Å². The molecule has 0 saturated carbocycles. The third-order valence-electron chi connectivity index (χ3n) is 3.15. The lowest BCUT2D eigenvalue weighted by molar-refractivity contribution is -0.0143. The molecule has 0 saturated heterocycles. The van der Waals surface area contributed by atoms with Gasteiger partial charge in [0.05, 0.1) is 5.60 Å². The fourth-order valence-electron chi connectivity index (χ4n) is 1.75. The fourth-order valence-corrected chi connectivity index (χ4v) is 1.75. The van der Waals surface area contributed by atoms with Gasteiger partial charge in [-0.15, -0.1) is 0 Å². The molecule has 0 amide bonds. The molecular weight excluding hydrogens is 148 g/mol. The zero-order chi connectivity index (χ0) is 9.19.